The van der Waals surface area contributed by atoms with E-state index in [2.05, 4.69) is 15.6 Å². The van der Waals surface area contributed by atoms with Crippen LogP contribution in [0.2, 0.25) is 5.02 Å². The Morgan fingerprint density at radius 3 is 2.47 bits per heavy atom. The molecule has 3 heterocycles. The molecular formula is C36H33ClFN5O10. The van der Waals surface area contributed by atoms with Crippen LogP contribution < -0.4 is 25.7 Å². The molecule has 1 unspecified atom stereocenters. The summed E-state index contributed by atoms with van der Waals surface area (Å²) in [6.07, 6.45) is 5.95. The summed E-state index contributed by atoms with van der Waals surface area (Å²) < 4.78 is 32.8. The zero-order chi connectivity index (χ0) is 37.8. The largest absolute Gasteiger partial charge is 0.492 e. The lowest BCUT2D eigenvalue weighted by Gasteiger charge is -2.23. The Balaban J connectivity index is 1.06. The smallest absolute Gasteiger partial charge is 0.341 e. The first kappa shape index (κ1) is 36.8. The quantitative estimate of drug-likeness (QED) is 0.167. The zero-order valence-electron chi connectivity index (χ0n) is 28.2. The average molecular weight is 750 g/mol. The molecule has 15 nitrogen and oxygen atoms in total. The van der Waals surface area contributed by atoms with Crippen LogP contribution >= 0.6 is 11.6 Å². The number of fused-ring (bicyclic) bond motifs is 1. The molecule has 0 spiro atoms. The summed E-state index contributed by atoms with van der Waals surface area (Å²) in [5.74, 6) is -4.61. The van der Waals surface area contributed by atoms with Crippen LogP contribution in [0.15, 0.2) is 59.8 Å². The van der Waals surface area contributed by atoms with Crippen molar-refractivity contribution in [1.29, 1.82) is 0 Å². The number of amides is 2. The van der Waals surface area contributed by atoms with Crippen molar-refractivity contribution in [1.82, 2.24) is 14.9 Å². The van der Waals surface area contributed by atoms with Crippen molar-refractivity contribution in [3.63, 3.8) is 0 Å². The van der Waals surface area contributed by atoms with E-state index in [1.807, 2.05) is 0 Å². The van der Waals surface area contributed by atoms with Crippen molar-refractivity contribution >= 4 is 63.6 Å². The van der Waals surface area contributed by atoms with Gasteiger partial charge in [-0.3, -0.25) is 19.4 Å². The number of carboxylic acids is 1. The number of anilines is 2. The van der Waals surface area contributed by atoms with Gasteiger partial charge in [0, 0.05) is 55.5 Å². The molecule has 53 heavy (non-hydrogen) atoms. The summed E-state index contributed by atoms with van der Waals surface area (Å²) in [5, 5.41) is 14.9. The first-order valence-electron chi connectivity index (χ1n) is 16.5. The highest BCUT2D eigenvalue weighted by atomic mass is 35.5. The monoisotopic (exact) mass is 749 g/mol. The molecule has 17 heteroatoms. The summed E-state index contributed by atoms with van der Waals surface area (Å²) in [5.41, 5.74) is -0.454. The highest BCUT2D eigenvalue weighted by Crippen LogP contribution is 2.42. The van der Waals surface area contributed by atoms with Gasteiger partial charge in [-0.2, -0.15) is 0 Å². The van der Waals surface area contributed by atoms with Crippen LogP contribution in [0.25, 0.3) is 10.9 Å². The van der Waals surface area contributed by atoms with Crippen molar-refractivity contribution in [3.05, 3.63) is 92.7 Å². The van der Waals surface area contributed by atoms with E-state index in [0.29, 0.717) is 13.0 Å². The van der Waals surface area contributed by atoms with Gasteiger partial charge < -0.3 is 39.4 Å². The number of carbonyl (C=O) groups excluding carboxylic acids is 4. The van der Waals surface area contributed by atoms with Gasteiger partial charge in [0.2, 0.25) is 11.3 Å². The van der Waals surface area contributed by atoms with Gasteiger partial charge in [0.1, 0.15) is 22.7 Å². The maximum Gasteiger partial charge on any atom is 0.341 e. The molecule has 2 amide bonds. The Labute approximate surface area is 305 Å². The molecule has 2 aromatic heterocycles. The van der Waals surface area contributed by atoms with Crippen LogP contribution in [0.4, 0.5) is 15.8 Å². The molecule has 276 valence electrons. The Morgan fingerprint density at radius 1 is 1.02 bits per heavy atom. The number of pyridine rings is 2. The third-order valence-corrected chi connectivity index (χ3v) is 9.09. The van der Waals surface area contributed by atoms with Crippen molar-refractivity contribution in [2.75, 3.05) is 43.6 Å². The number of esters is 2. The number of benzene rings is 2. The number of nitrogens with one attached hydrogen (secondary N) is 2. The van der Waals surface area contributed by atoms with Crippen LogP contribution in [0, 0.1) is 5.82 Å². The molecule has 4 aromatic rings. The number of rotatable bonds is 13. The van der Waals surface area contributed by atoms with E-state index in [0.717, 1.165) is 18.9 Å². The molecule has 6 rings (SSSR count). The lowest BCUT2D eigenvalue weighted by atomic mass is 10.1. The SMILES string of the molecule is COC(=O)c1ccc(NC(=O)COC(=O)c2ccncc2)cc1OCCC(=O)NC1CCN(c2c(F)cc3c(=O)c(C(=O)O)cn(C4CC4)c3c2Cl)C1. The third kappa shape index (κ3) is 8.22. The molecule has 1 aliphatic carbocycles. The summed E-state index contributed by atoms with van der Waals surface area (Å²) >= 11 is 6.75. The molecule has 3 N–H and O–H groups in total. The topological polar surface area (TPSA) is 195 Å². The van der Waals surface area contributed by atoms with Crippen LogP contribution in [0.3, 0.4) is 0 Å². The van der Waals surface area contributed by atoms with Crippen LogP contribution in [0.1, 0.15) is 62.8 Å². The Bertz CT molecular complexity index is 2180. The fourth-order valence-corrected chi connectivity index (χ4v) is 6.46. The molecule has 1 aliphatic heterocycles. The van der Waals surface area contributed by atoms with Gasteiger partial charge in [0.25, 0.3) is 5.91 Å². The van der Waals surface area contributed by atoms with Crippen molar-refractivity contribution in [3.8, 4) is 5.75 Å². The number of carboxylic acid groups (broad SMARTS) is 1. The minimum atomic E-state index is -1.41. The zero-order valence-corrected chi connectivity index (χ0v) is 29.0. The molecule has 1 saturated carbocycles. The van der Waals surface area contributed by atoms with E-state index in [1.165, 1.54) is 56.0 Å². The highest BCUT2D eigenvalue weighted by molar-refractivity contribution is 6.38. The van der Waals surface area contributed by atoms with E-state index in [-0.39, 0.29) is 81.7 Å². The maximum absolute atomic E-state index is 15.6. The second-order valence-corrected chi connectivity index (χ2v) is 12.8. The molecule has 1 atom stereocenters. The predicted octanol–water partition coefficient (Wildman–Crippen LogP) is 3.97. The number of methoxy groups -OCH3 is 1. The number of nitrogens with zero attached hydrogens (tertiary/aromatic N) is 3. The fraction of sp³-hybridized carbons (Fsp3) is 0.306. The lowest BCUT2D eigenvalue weighted by Crippen LogP contribution is -2.37. The first-order valence-corrected chi connectivity index (χ1v) is 16.9. The van der Waals surface area contributed by atoms with E-state index >= 15 is 4.39 Å². The van der Waals surface area contributed by atoms with Gasteiger partial charge in [-0.1, -0.05) is 11.6 Å². The molecule has 1 saturated heterocycles. The Hall–Kier alpha value is -6.03. The van der Waals surface area contributed by atoms with Crippen molar-refractivity contribution in [2.45, 2.75) is 37.8 Å². The normalized spacial score (nSPS) is 15.2. The maximum atomic E-state index is 15.6. The second kappa shape index (κ2) is 15.7. The predicted molar refractivity (Wildman–Crippen MR) is 188 cm³/mol. The molecular weight excluding hydrogens is 717 g/mol. The molecule has 2 fully saturated rings. The summed E-state index contributed by atoms with van der Waals surface area (Å²) in [7, 11) is 1.19. The summed E-state index contributed by atoms with van der Waals surface area (Å²) in [6, 6.07) is 7.65. The van der Waals surface area contributed by atoms with Gasteiger partial charge in [-0.25, -0.2) is 18.8 Å². The van der Waals surface area contributed by atoms with Gasteiger partial charge in [0.05, 0.1) is 47.3 Å². The summed E-state index contributed by atoms with van der Waals surface area (Å²) in [6.45, 7) is -0.185. The standard InChI is InChI=1S/C36H33ClFN5O10/c1-51-36(50)23-5-2-20(40-29(45)18-53-35(49)19-6-10-39-11-7-19)14-27(23)52-13-9-28(44)41-21-8-12-42(16-21)32-26(38)15-24-31(30(32)37)43(22-3-4-22)17-25(33(24)46)34(47)48/h2,5-7,10-11,14-15,17,21-22H,3-4,8-9,12-13,16,18H2,1H3,(H,40,45)(H,41,44)(H,47,48). The number of hydrogen-bond acceptors (Lipinski definition) is 11. The van der Waals surface area contributed by atoms with E-state index < -0.39 is 47.2 Å². The van der Waals surface area contributed by atoms with Gasteiger partial charge >= 0.3 is 17.9 Å². The van der Waals surface area contributed by atoms with E-state index in [4.69, 9.17) is 25.8 Å². The number of ether oxygens (including phenoxy) is 3. The van der Waals surface area contributed by atoms with E-state index in [9.17, 15) is 33.9 Å². The Kier molecular flexibility index (Phi) is 10.9. The first-order chi connectivity index (χ1) is 25.4. The van der Waals surface area contributed by atoms with Gasteiger partial charge in [-0.05, 0) is 49.6 Å². The van der Waals surface area contributed by atoms with Crippen LogP contribution in [-0.4, -0.2) is 83.8 Å². The number of halogens is 2. The van der Waals surface area contributed by atoms with Crippen molar-refractivity contribution in [2.24, 2.45) is 0 Å². The van der Waals surface area contributed by atoms with E-state index in [1.54, 1.807) is 9.47 Å². The van der Waals surface area contributed by atoms with Crippen LogP contribution in [0.5, 0.6) is 5.75 Å². The minimum Gasteiger partial charge on any atom is -0.492 e. The summed E-state index contributed by atoms with van der Waals surface area (Å²) in [4.78, 5) is 80.0. The minimum absolute atomic E-state index is 0.00730. The third-order valence-electron chi connectivity index (χ3n) is 8.73. The fourth-order valence-electron chi connectivity index (χ4n) is 6.05. The van der Waals surface area contributed by atoms with Gasteiger partial charge in [0.15, 0.2) is 6.61 Å². The second-order valence-electron chi connectivity index (χ2n) is 12.4. The number of aromatic nitrogens is 2. The van der Waals surface area contributed by atoms with Crippen LogP contribution in [-0.2, 0) is 19.1 Å². The highest BCUT2D eigenvalue weighted by Gasteiger charge is 2.33. The molecule has 0 radical (unpaired) electrons. The van der Waals surface area contributed by atoms with Gasteiger partial charge in [-0.15, -0.1) is 0 Å². The molecule has 0 bridgehead atoms. The number of carbonyl (C=O) groups is 5. The molecule has 2 aliphatic rings. The van der Waals surface area contributed by atoms with Crippen molar-refractivity contribution < 1.29 is 47.7 Å². The molecule has 2 aromatic carbocycles. The number of hydrogen-bond donors (Lipinski definition) is 3. The average Bonchev–Trinajstić information content (AvgIpc) is 3.89. The lowest BCUT2D eigenvalue weighted by molar-refractivity contribution is -0.122. The number of aromatic carboxylic acids is 1. The Morgan fingerprint density at radius 2 is 1.77 bits per heavy atom.